The van der Waals surface area contributed by atoms with Crippen molar-refractivity contribution in [1.29, 1.82) is 0 Å². The Bertz CT molecular complexity index is 741. The van der Waals surface area contributed by atoms with E-state index in [2.05, 4.69) is 12.1 Å². The zero-order valence-corrected chi connectivity index (χ0v) is 12.6. The molecule has 0 spiro atoms. The number of nitrogens with zero attached hydrogens (tertiary/aromatic N) is 1. The van der Waals surface area contributed by atoms with Crippen LogP contribution in [0.4, 0.5) is 5.69 Å². The van der Waals surface area contributed by atoms with Crippen molar-refractivity contribution in [3.8, 4) is 0 Å². The number of benzene rings is 2. The highest BCUT2D eigenvalue weighted by atomic mass is 16.2. The molecule has 0 aromatic heterocycles. The second-order valence-corrected chi connectivity index (χ2v) is 5.67. The lowest BCUT2D eigenvalue weighted by Crippen LogP contribution is -2.25. The lowest BCUT2D eigenvalue weighted by atomic mass is 10.00. The number of hydrogen-bond acceptors (Lipinski definition) is 1. The molecular weight excluding hydrogens is 282 g/mol. The molecule has 2 aliphatic rings. The fourth-order valence-corrected chi connectivity index (χ4v) is 3.02. The monoisotopic (exact) mass is 298 g/mol. The predicted octanol–water partition coefficient (Wildman–Crippen LogP) is 4.02. The molecule has 0 bridgehead atoms. The van der Waals surface area contributed by atoms with Gasteiger partial charge < -0.3 is 4.90 Å². The first-order chi connectivity index (χ1) is 11.3. The van der Waals surface area contributed by atoms with E-state index in [1.54, 1.807) is 0 Å². The molecule has 2 heteroatoms. The van der Waals surface area contributed by atoms with Gasteiger partial charge in [0.1, 0.15) is 0 Å². The van der Waals surface area contributed by atoms with Crippen molar-refractivity contribution in [2.75, 3.05) is 4.90 Å². The molecule has 2 aromatic rings. The van der Waals surface area contributed by atoms with Crippen LogP contribution in [0.2, 0.25) is 0 Å². The highest BCUT2D eigenvalue weighted by Gasteiger charge is 2.33. The number of amides is 1. The first kappa shape index (κ1) is 14.3. The predicted molar refractivity (Wildman–Crippen MR) is 92.5 cm³/mol. The van der Waals surface area contributed by atoms with E-state index in [0.717, 1.165) is 28.3 Å². The number of para-hydroxylation sites is 1. The molecule has 1 aliphatic heterocycles. The van der Waals surface area contributed by atoms with Crippen LogP contribution in [0.25, 0.3) is 5.57 Å². The number of rotatable bonds is 3. The highest BCUT2D eigenvalue weighted by Crippen LogP contribution is 2.39. The Kier molecular flexibility index (Phi) is 3.74. The molecule has 2 nitrogen and oxygen atoms in total. The van der Waals surface area contributed by atoms with Gasteiger partial charge in [0, 0.05) is 17.1 Å². The number of anilines is 1. The van der Waals surface area contributed by atoms with E-state index in [0.29, 0.717) is 6.54 Å². The van der Waals surface area contributed by atoms with Gasteiger partial charge in [-0.05, 0) is 37.3 Å². The number of carbonyl (C=O) groups is 1. The van der Waals surface area contributed by atoms with Crippen LogP contribution in [0.1, 0.15) is 11.1 Å². The van der Waals surface area contributed by atoms with Gasteiger partial charge >= 0.3 is 0 Å². The molecule has 1 fully saturated rings. The van der Waals surface area contributed by atoms with E-state index in [1.165, 1.54) is 0 Å². The summed E-state index contributed by atoms with van der Waals surface area (Å²) in [5.74, 6) is 1.13. The number of fused-ring (bicyclic) bond motifs is 1. The SMILES string of the molecule is O=C1/C(=C/[C]2[CH][CH][CH][CH]2)c2ccccc2N1Cc1ccccc1. The molecule has 2 aromatic carbocycles. The van der Waals surface area contributed by atoms with E-state index < -0.39 is 0 Å². The third kappa shape index (κ3) is 2.70. The number of carbonyl (C=O) groups excluding carboxylic acids is 1. The van der Waals surface area contributed by atoms with Crippen molar-refractivity contribution in [1.82, 2.24) is 0 Å². The van der Waals surface area contributed by atoms with Gasteiger partial charge in [0.05, 0.1) is 12.2 Å². The third-order valence-electron chi connectivity index (χ3n) is 4.14. The van der Waals surface area contributed by atoms with Crippen molar-refractivity contribution in [3.63, 3.8) is 0 Å². The van der Waals surface area contributed by atoms with Crippen molar-refractivity contribution < 1.29 is 4.79 Å². The number of hydrogen-bond donors (Lipinski definition) is 0. The van der Waals surface area contributed by atoms with Crippen LogP contribution in [0, 0.1) is 31.6 Å². The Labute approximate surface area is 137 Å². The Morgan fingerprint density at radius 2 is 1.57 bits per heavy atom. The average Bonchev–Trinajstić information content (AvgIpc) is 3.19. The fraction of sp³-hybridized carbons (Fsp3) is 0.0476. The highest BCUT2D eigenvalue weighted by molar-refractivity contribution is 6.32. The van der Waals surface area contributed by atoms with E-state index in [1.807, 2.05) is 79.1 Å². The molecule has 1 amide bonds. The summed E-state index contributed by atoms with van der Waals surface area (Å²) >= 11 is 0. The molecule has 23 heavy (non-hydrogen) atoms. The molecule has 1 aliphatic carbocycles. The molecule has 0 N–H and O–H groups in total. The van der Waals surface area contributed by atoms with Gasteiger partial charge in [-0.3, -0.25) is 4.79 Å². The van der Waals surface area contributed by atoms with Crippen LogP contribution in [0.3, 0.4) is 0 Å². The average molecular weight is 298 g/mol. The van der Waals surface area contributed by atoms with Crippen molar-refractivity contribution in [2.45, 2.75) is 6.54 Å². The Morgan fingerprint density at radius 1 is 0.870 bits per heavy atom. The first-order valence-electron chi connectivity index (χ1n) is 7.71. The zero-order valence-electron chi connectivity index (χ0n) is 12.6. The maximum atomic E-state index is 13.0. The fourth-order valence-electron chi connectivity index (χ4n) is 3.02. The molecule has 0 atom stereocenters. The molecule has 4 rings (SSSR count). The Morgan fingerprint density at radius 3 is 2.35 bits per heavy atom. The molecule has 5 radical (unpaired) electrons. The molecule has 0 unspecified atom stereocenters. The van der Waals surface area contributed by atoms with Crippen LogP contribution >= 0.6 is 0 Å². The Balaban J connectivity index is 1.70. The van der Waals surface area contributed by atoms with E-state index >= 15 is 0 Å². The number of allylic oxidation sites excluding steroid dienone is 1. The summed E-state index contributed by atoms with van der Waals surface area (Å²) in [7, 11) is 0. The van der Waals surface area contributed by atoms with Crippen LogP contribution in [-0.4, -0.2) is 5.91 Å². The smallest absolute Gasteiger partial charge is 0.258 e. The molecule has 0 saturated heterocycles. The topological polar surface area (TPSA) is 20.3 Å². The minimum atomic E-state index is 0.0660. The van der Waals surface area contributed by atoms with Crippen LogP contribution < -0.4 is 4.90 Å². The molecule has 1 saturated carbocycles. The summed E-state index contributed by atoms with van der Waals surface area (Å²) in [5.41, 5.74) is 3.89. The maximum absolute atomic E-state index is 13.0. The van der Waals surface area contributed by atoms with Crippen LogP contribution in [0.5, 0.6) is 0 Å². The lowest BCUT2D eigenvalue weighted by Gasteiger charge is -2.17. The van der Waals surface area contributed by atoms with Gasteiger partial charge in [0.15, 0.2) is 0 Å². The normalized spacial score (nSPS) is 19.6. The quantitative estimate of drug-likeness (QED) is 0.784. The maximum Gasteiger partial charge on any atom is 0.258 e. The van der Waals surface area contributed by atoms with Gasteiger partial charge in [0.25, 0.3) is 5.91 Å². The Hall–Kier alpha value is -2.35. The molecule has 1 heterocycles. The van der Waals surface area contributed by atoms with Crippen LogP contribution in [-0.2, 0) is 11.3 Å². The summed E-state index contributed by atoms with van der Waals surface area (Å²) in [5, 5.41) is 0. The summed E-state index contributed by atoms with van der Waals surface area (Å²) in [6.45, 7) is 0.592. The second-order valence-electron chi connectivity index (χ2n) is 5.67. The zero-order chi connectivity index (χ0) is 15.6. The molecule has 111 valence electrons. The summed E-state index contributed by atoms with van der Waals surface area (Å²) in [6.07, 6.45) is 9.98. The molecular formula is C21H16NO. The van der Waals surface area contributed by atoms with E-state index in [9.17, 15) is 4.79 Å². The second kappa shape index (κ2) is 6.04. The minimum Gasteiger partial charge on any atom is -0.303 e. The first-order valence-corrected chi connectivity index (χ1v) is 7.71. The minimum absolute atomic E-state index is 0.0660. The van der Waals surface area contributed by atoms with Gasteiger partial charge in [-0.15, -0.1) is 0 Å². The summed E-state index contributed by atoms with van der Waals surface area (Å²) in [4.78, 5) is 14.8. The van der Waals surface area contributed by atoms with Crippen LogP contribution in [0.15, 0.2) is 60.7 Å². The van der Waals surface area contributed by atoms with Gasteiger partial charge in [-0.25, -0.2) is 0 Å². The van der Waals surface area contributed by atoms with Crippen molar-refractivity contribution in [2.24, 2.45) is 0 Å². The largest absolute Gasteiger partial charge is 0.303 e. The van der Waals surface area contributed by atoms with Gasteiger partial charge in [0.2, 0.25) is 0 Å². The summed E-state index contributed by atoms with van der Waals surface area (Å²) in [6, 6.07) is 18.1. The van der Waals surface area contributed by atoms with Crippen molar-refractivity contribution >= 4 is 17.2 Å². The third-order valence-corrected chi connectivity index (χ3v) is 4.14. The summed E-state index contributed by atoms with van der Waals surface area (Å²) < 4.78 is 0. The van der Waals surface area contributed by atoms with E-state index in [-0.39, 0.29) is 5.91 Å². The van der Waals surface area contributed by atoms with Crippen molar-refractivity contribution in [3.05, 3.63) is 103 Å². The van der Waals surface area contributed by atoms with E-state index in [4.69, 9.17) is 0 Å². The van der Waals surface area contributed by atoms with Gasteiger partial charge in [-0.1, -0.05) is 54.6 Å². The van der Waals surface area contributed by atoms with Gasteiger partial charge in [-0.2, -0.15) is 0 Å². The standard InChI is InChI=1S/C21H16NO/c23-21-19(14-16-8-4-5-9-16)18-12-6-7-13-20(18)22(21)15-17-10-2-1-3-11-17/h1-14H,15H2/b19-14+. The lowest BCUT2D eigenvalue weighted by molar-refractivity contribution is -0.113.